The monoisotopic (exact) mass is 433 g/mol. The van der Waals surface area contributed by atoms with E-state index in [1.54, 1.807) is 25.4 Å². The summed E-state index contributed by atoms with van der Waals surface area (Å²) < 4.78 is 0. The first kappa shape index (κ1) is 20.4. The van der Waals surface area contributed by atoms with Crippen molar-refractivity contribution in [3.05, 3.63) is 58.6 Å². The summed E-state index contributed by atoms with van der Waals surface area (Å²) in [5.41, 5.74) is 2.13. The van der Waals surface area contributed by atoms with Crippen LogP contribution in [0.3, 0.4) is 0 Å². The largest absolute Gasteiger partial charge is 0.368 e. The molecule has 0 saturated carbocycles. The molecule has 32 heavy (non-hydrogen) atoms. The van der Waals surface area contributed by atoms with Crippen LogP contribution in [0.15, 0.2) is 47.4 Å². The molecule has 1 atom stereocenters. The number of benzene rings is 1. The number of hydrogen-bond acceptors (Lipinski definition) is 7. The third-order valence-electron chi connectivity index (χ3n) is 6.47. The van der Waals surface area contributed by atoms with Crippen molar-refractivity contribution in [1.29, 1.82) is 0 Å². The molecule has 2 aromatic heterocycles. The predicted octanol–water partition coefficient (Wildman–Crippen LogP) is 1.08. The molecule has 0 radical (unpaired) electrons. The fourth-order valence-electron chi connectivity index (χ4n) is 4.64. The molecule has 166 valence electrons. The zero-order valence-corrected chi connectivity index (χ0v) is 18.1. The molecule has 0 bridgehead atoms. The summed E-state index contributed by atoms with van der Waals surface area (Å²) >= 11 is 0. The molecule has 2 aliphatic rings. The second-order valence-corrected chi connectivity index (χ2v) is 8.30. The van der Waals surface area contributed by atoms with Gasteiger partial charge in [-0.3, -0.25) is 19.5 Å². The van der Waals surface area contributed by atoms with Gasteiger partial charge in [0.25, 0.3) is 11.5 Å². The zero-order valence-electron chi connectivity index (χ0n) is 18.1. The van der Waals surface area contributed by atoms with Gasteiger partial charge < -0.3 is 15.1 Å². The lowest BCUT2D eigenvalue weighted by Gasteiger charge is -2.39. The summed E-state index contributed by atoms with van der Waals surface area (Å²) in [6.45, 7) is 5.53. The summed E-state index contributed by atoms with van der Waals surface area (Å²) in [6, 6.07) is 11.6. The molecule has 4 heterocycles. The van der Waals surface area contributed by atoms with Gasteiger partial charge in [-0.2, -0.15) is 0 Å². The lowest BCUT2D eigenvalue weighted by Crippen LogP contribution is -2.51. The van der Waals surface area contributed by atoms with Gasteiger partial charge in [0.2, 0.25) is 5.95 Å². The van der Waals surface area contributed by atoms with Crippen molar-refractivity contribution in [3.8, 4) is 0 Å². The number of hydrogen-bond donors (Lipinski definition) is 2. The number of rotatable bonds is 4. The Kier molecular flexibility index (Phi) is 5.48. The summed E-state index contributed by atoms with van der Waals surface area (Å²) in [5.74, 6) is 0.492. The molecule has 1 unspecified atom stereocenters. The molecule has 2 aliphatic heterocycles. The third kappa shape index (κ3) is 3.91. The Morgan fingerprint density at radius 2 is 1.88 bits per heavy atom. The number of fused-ring (bicyclic) bond motifs is 1. The highest BCUT2D eigenvalue weighted by molar-refractivity contribution is 5.92. The van der Waals surface area contributed by atoms with Crippen LogP contribution in [-0.4, -0.2) is 78.1 Å². The van der Waals surface area contributed by atoms with Gasteiger partial charge in [0.05, 0.1) is 22.8 Å². The lowest BCUT2D eigenvalue weighted by molar-refractivity contribution is 0.0958. The minimum atomic E-state index is -0.172. The normalized spacial score (nSPS) is 19.5. The topological polar surface area (TPSA) is 97.5 Å². The highest BCUT2D eigenvalue weighted by atomic mass is 16.1. The molecule has 0 aliphatic carbocycles. The van der Waals surface area contributed by atoms with E-state index in [4.69, 9.17) is 0 Å². The number of amides is 1. The van der Waals surface area contributed by atoms with E-state index in [1.807, 2.05) is 24.3 Å². The molecule has 5 rings (SSSR count). The van der Waals surface area contributed by atoms with Crippen LogP contribution in [0.25, 0.3) is 10.9 Å². The van der Waals surface area contributed by atoms with E-state index in [2.05, 4.69) is 35.0 Å². The van der Waals surface area contributed by atoms with Gasteiger partial charge in [-0.25, -0.2) is 9.97 Å². The van der Waals surface area contributed by atoms with Crippen LogP contribution < -0.4 is 20.7 Å². The molecule has 0 spiro atoms. The Balaban J connectivity index is 1.20. The van der Waals surface area contributed by atoms with Crippen LogP contribution in [0, 0.1) is 0 Å². The quantitative estimate of drug-likeness (QED) is 0.635. The van der Waals surface area contributed by atoms with E-state index < -0.39 is 0 Å². The zero-order chi connectivity index (χ0) is 22.1. The lowest BCUT2D eigenvalue weighted by atomic mass is 10.2. The van der Waals surface area contributed by atoms with E-state index >= 15 is 0 Å². The molecule has 2 N–H and O–H groups in total. The van der Waals surface area contributed by atoms with Gasteiger partial charge >= 0.3 is 0 Å². The molecule has 3 aromatic rings. The summed E-state index contributed by atoms with van der Waals surface area (Å²) in [7, 11) is 1.61. The van der Waals surface area contributed by atoms with Crippen molar-refractivity contribution in [2.24, 2.45) is 0 Å². The Bertz CT molecular complexity index is 1170. The van der Waals surface area contributed by atoms with Crippen LogP contribution >= 0.6 is 0 Å². The van der Waals surface area contributed by atoms with Crippen molar-refractivity contribution in [2.45, 2.75) is 12.5 Å². The number of pyridine rings is 1. The fraction of sp³-hybridized carbons (Fsp3) is 0.391. The van der Waals surface area contributed by atoms with Crippen molar-refractivity contribution in [2.75, 3.05) is 56.1 Å². The number of aromatic nitrogens is 3. The number of carbonyl (C=O) groups excluding carboxylic acids is 1. The average molecular weight is 434 g/mol. The van der Waals surface area contributed by atoms with Gasteiger partial charge in [-0.15, -0.1) is 0 Å². The van der Waals surface area contributed by atoms with Crippen LogP contribution in [0.5, 0.6) is 0 Å². The first-order valence-electron chi connectivity index (χ1n) is 11.0. The van der Waals surface area contributed by atoms with E-state index in [-0.39, 0.29) is 11.5 Å². The maximum absolute atomic E-state index is 12.4. The van der Waals surface area contributed by atoms with Gasteiger partial charge in [-0.05, 0) is 30.7 Å². The molecule has 9 heteroatoms. The number of nitrogens with one attached hydrogen (secondary N) is 2. The Morgan fingerprint density at radius 3 is 2.62 bits per heavy atom. The highest BCUT2D eigenvalue weighted by Crippen LogP contribution is 2.23. The van der Waals surface area contributed by atoms with Crippen LogP contribution in [0.2, 0.25) is 0 Å². The molecule has 2 fully saturated rings. The number of para-hydroxylation sites is 1. The molecule has 1 aromatic carbocycles. The number of nitrogens with zero attached hydrogens (tertiary/aromatic N) is 5. The van der Waals surface area contributed by atoms with Gasteiger partial charge in [0.15, 0.2) is 0 Å². The van der Waals surface area contributed by atoms with Crippen LogP contribution in [-0.2, 0) is 0 Å². The van der Waals surface area contributed by atoms with Crippen molar-refractivity contribution in [3.63, 3.8) is 0 Å². The Labute approximate surface area is 186 Å². The SMILES string of the molecule is CNC(=O)c1ccc(N2CCN(C3CCN(c4nc5ccccc5c(=O)[nH]4)C3)CC2)cn1. The fourth-order valence-corrected chi connectivity index (χ4v) is 4.64. The number of carbonyl (C=O) groups is 1. The van der Waals surface area contributed by atoms with E-state index in [0.717, 1.165) is 56.9 Å². The smallest absolute Gasteiger partial charge is 0.269 e. The molecule has 1 amide bonds. The summed E-state index contributed by atoms with van der Waals surface area (Å²) in [4.78, 5) is 43.1. The minimum absolute atomic E-state index is 0.0845. The molecular formula is C23H27N7O2. The maximum atomic E-state index is 12.4. The Morgan fingerprint density at radius 1 is 1.06 bits per heavy atom. The van der Waals surface area contributed by atoms with Gasteiger partial charge in [0, 0.05) is 52.4 Å². The predicted molar refractivity (Wildman–Crippen MR) is 124 cm³/mol. The molecule has 2 saturated heterocycles. The summed E-state index contributed by atoms with van der Waals surface area (Å²) in [5, 5.41) is 3.22. The average Bonchev–Trinajstić information content (AvgIpc) is 3.34. The Hall–Kier alpha value is -3.46. The second kappa shape index (κ2) is 8.58. The van der Waals surface area contributed by atoms with Gasteiger partial charge in [-0.1, -0.05) is 12.1 Å². The van der Waals surface area contributed by atoms with E-state index in [1.165, 1.54) is 0 Å². The summed E-state index contributed by atoms with van der Waals surface area (Å²) in [6.07, 6.45) is 2.83. The number of anilines is 2. The standard InChI is InChI=1S/C23H27N7O2/c1-24-22(32)20-7-6-16(14-25-20)28-10-12-29(13-11-28)17-8-9-30(15-17)23-26-19-5-3-2-4-18(19)21(31)27-23/h2-7,14,17H,8-13,15H2,1H3,(H,24,32)(H,26,27,31). The molecular weight excluding hydrogens is 406 g/mol. The minimum Gasteiger partial charge on any atom is -0.368 e. The van der Waals surface area contributed by atoms with Crippen molar-refractivity contribution >= 4 is 28.4 Å². The maximum Gasteiger partial charge on any atom is 0.269 e. The van der Waals surface area contributed by atoms with Gasteiger partial charge in [0.1, 0.15) is 5.69 Å². The molecule has 9 nitrogen and oxygen atoms in total. The van der Waals surface area contributed by atoms with E-state index in [9.17, 15) is 9.59 Å². The van der Waals surface area contributed by atoms with Crippen LogP contribution in [0.4, 0.5) is 11.6 Å². The number of aromatic amines is 1. The van der Waals surface area contributed by atoms with Crippen molar-refractivity contribution in [1.82, 2.24) is 25.2 Å². The van der Waals surface area contributed by atoms with Crippen LogP contribution in [0.1, 0.15) is 16.9 Å². The first-order valence-corrected chi connectivity index (χ1v) is 11.0. The number of piperazine rings is 1. The number of H-pyrrole nitrogens is 1. The van der Waals surface area contributed by atoms with E-state index in [0.29, 0.717) is 23.1 Å². The highest BCUT2D eigenvalue weighted by Gasteiger charge is 2.31. The third-order valence-corrected chi connectivity index (χ3v) is 6.47. The van der Waals surface area contributed by atoms with Crippen molar-refractivity contribution < 1.29 is 4.79 Å². The first-order chi connectivity index (χ1) is 15.6. The second-order valence-electron chi connectivity index (χ2n) is 8.30.